The number of rotatable bonds is 6. The number of hydrogen-bond donors (Lipinski definition) is 0. The van der Waals surface area contributed by atoms with E-state index in [-0.39, 0.29) is 35.4 Å². The third kappa shape index (κ3) is 3.38. The average molecular weight is 368 g/mol. The minimum absolute atomic E-state index is 0.00429. The molecule has 0 atom stereocenters. The van der Waals surface area contributed by atoms with Gasteiger partial charge in [-0.05, 0) is 56.1 Å². The summed E-state index contributed by atoms with van der Waals surface area (Å²) < 4.78 is 46.0. The molecule has 142 valence electrons. The van der Waals surface area contributed by atoms with Gasteiger partial charge in [-0.3, -0.25) is 14.0 Å². The Labute approximate surface area is 150 Å². The zero-order valence-corrected chi connectivity index (χ0v) is 14.7. The predicted octanol–water partition coefficient (Wildman–Crippen LogP) is 4.67. The van der Waals surface area contributed by atoms with Crippen molar-refractivity contribution in [3.05, 3.63) is 29.3 Å². The highest BCUT2D eigenvalue weighted by Crippen LogP contribution is 2.49. The summed E-state index contributed by atoms with van der Waals surface area (Å²) in [6.45, 7) is -0.330. The molecule has 0 bridgehead atoms. The molecule has 0 amide bonds. The lowest BCUT2D eigenvalue weighted by Gasteiger charge is -2.35. The highest BCUT2D eigenvalue weighted by atomic mass is 19.2. The normalized spacial score (nSPS) is 20.1. The summed E-state index contributed by atoms with van der Waals surface area (Å²) in [6, 6.07) is 2.92. The molecule has 6 heteroatoms. The van der Waals surface area contributed by atoms with Gasteiger partial charge in [0.1, 0.15) is 11.6 Å². The molecule has 1 spiro atoms. The first kappa shape index (κ1) is 18.9. The van der Waals surface area contributed by atoms with Gasteiger partial charge in [-0.1, -0.05) is 6.07 Å². The van der Waals surface area contributed by atoms with Gasteiger partial charge >= 0.3 is 0 Å². The van der Waals surface area contributed by atoms with Crippen molar-refractivity contribution >= 4 is 11.6 Å². The van der Waals surface area contributed by atoms with Crippen molar-refractivity contribution in [1.29, 1.82) is 0 Å². The smallest absolute Gasteiger partial charge is 0.200 e. The van der Waals surface area contributed by atoms with Gasteiger partial charge < -0.3 is 4.74 Å². The van der Waals surface area contributed by atoms with Crippen LogP contribution in [0.5, 0.6) is 5.75 Å². The summed E-state index contributed by atoms with van der Waals surface area (Å²) in [7, 11) is 0. The van der Waals surface area contributed by atoms with Crippen LogP contribution in [-0.2, 0) is 9.59 Å². The van der Waals surface area contributed by atoms with Gasteiger partial charge in [-0.2, -0.15) is 4.39 Å². The molecule has 2 fully saturated rings. The molecule has 0 heterocycles. The van der Waals surface area contributed by atoms with Crippen LogP contribution in [0.1, 0.15) is 62.8 Å². The second-order valence-electron chi connectivity index (χ2n) is 7.23. The minimum atomic E-state index is -1.03. The summed E-state index contributed by atoms with van der Waals surface area (Å²) in [5, 5.41) is 0. The minimum Gasteiger partial charge on any atom is -0.490 e. The fourth-order valence-electron chi connectivity index (χ4n) is 4.19. The van der Waals surface area contributed by atoms with E-state index in [1.165, 1.54) is 12.1 Å². The maximum atomic E-state index is 14.5. The first-order valence-electron chi connectivity index (χ1n) is 9.23. The van der Waals surface area contributed by atoms with E-state index in [0.29, 0.717) is 51.4 Å². The van der Waals surface area contributed by atoms with E-state index in [4.69, 9.17) is 4.74 Å². The van der Waals surface area contributed by atoms with E-state index in [2.05, 4.69) is 0 Å². The molecule has 26 heavy (non-hydrogen) atoms. The monoisotopic (exact) mass is 368 g/mol. The van der Waals surface area contributed by atoms with Crippen molar-refractivity contribution in [2.24, 2.45) is 5.41 Å². The van der Waals surface area contributed by atoms with Gasteiger partial charge in [0, 0.05) is 12.8 Å². The third-order valence-corrected chi connectivity index (χ3v) is 5.79. The van der Waals surface area contributed by atoms with Crippen molar-refractivity contribution < 1.29 is 27.5 Å². The van der Waals surface area contributed by atoms with Crippen LogP contribution in [0.25, 0.3) is 0 Å². The van der Waals surface area contributed by atoms with Crippen LogP contribution in [0.4, 0.5) is 13.2 Å². The van der Waals surface area contributed by atoms with Crippen LogP contribution < -0.4 is 4.74 Å². The summed E-state index contributed by atoms with van der Waals surface area (Å²) >= 11 is 0. The molecule has 0 aromatic heterocycles. The number of alkyl halides is 1. The van der Waals surface area contributed by atoms with E-state index in [0.717, 1.165) is 0 Å². The van der Waals surface area contributed by atoms with Gasteiger partial charge in [-0.25, -0.2) is 4.39 Å². The van der Waals surface area contributed by atoms with Gasteiger partial charge in [-0.15, -0.1) is 0 Å². The number of benzene rings is 1. The lowest BCUT2D eigenvalue weighted by atomic mass is 9.67. The number of carbonyl (C=O) groups excluding carboxylic acids is 2. The lowest BCUT2D eigenvalue weighted by Crippen LogP contribution is -2.36. The van der Waals surface area contributed by atoms with Crippen LogP contribution in [0.2, 0.25) is 0 Å². The standard InChI is InChI=1S/C20H23F3O3/c21-11-1-2-12-26-15-4-3-14(18(22)19(15)23)13-7-9-20(10-8-13)16(24)5-6-17(20)25/h3-4,13H,1-2,5-12H2. The molecular weight excluding hydrogens is 345 g/mol. The second-order valence-corrected chi connectivity index (χ2v) is 7.23. The van der Waals surface area contributed by atoms with E-state index in [9.17, 15) is 22.8 Å². The number of unbranched alkanes of at least 4 members (excludes halogenated alkanes) is 1. The fourth-order valence-corrected chi connectivity index (χ4v) is 4.19. The van der Waals surface area contributed by atoms with Crippen molar-refractivity contribution in [2.45, 2.75) is 57.3 Å². The molecule has 0 unspecified atom stereocenters. The van der Waals surface area contributed by atoms with E-state index in [1.54, 1.807) is 0 Å². The zero-order valence-electron chi connectivity index (χ0n) is 14.7. The molecule has 2 aliphatic carbocycles. The first-order chi connectivity index (χ1) is 12.5. The van der Waals surface area contributed by atoms with Gasteiger partial charge in [0.15, 0.2) is 11.6 Å². The lowest BCUT2D eigenvalue weighted by molar-refractivity contribution is -0.137. The molecule has 0 aliphatic heterocycles. The predicted molar refractivity (Wildman–Crippen MR) is 90.0 cm³/mol. The number of carbonyl (C=O) groups is 2. The van der Waals surface area contributed by atoms with E-state index in [1.807, 2.05) is 0 Å². The van der Waals surface area contributed by atoms with Crippen LogP contribution in [0, 0.1) is 17.0 Å². The van der Waals surface area contributed by atoms with Gasteiger partial charge in [0.2, 0.25) is 5.82 Å². The highest BCUT2D eigenvalue weighted by molar-refractivity contribution is 6.12. The first-order valence-corrected chi connectivity index (χ1v) is 9.23. The Hall–Kier alpha value is -1.85. The van der Waals surface area contributed by atoms with Crippen molar-refractivity contribution in [1.82, 2.24) is 0 Å². The largest absolute Gasteiger partial charge is 0.490 e. The second kappa shape index (κ2) is 7.80. The van der Waals surface area contributed by atoms with Crippen LogP contribution in [-0.4, -0.2) is 24.8 Å². The average Bonchev–Trinajstić information content (AvgIpc) is 2.91. The summed E-state index contributed by atoms with van der Waals surface area (Å²) in [6.07, 6.45) is 3.18. The Kier molecular flexibility index (Phi) is 5.68. The highest BCUT2D eigenvalue weighted by Gasteiger charge is 2.51. The van der Waals surface area contributed by atoms with Gasteiger partial charge in [0.05, 0.1) is 18.7 Å². The van der Waals surface area contributed by atoms with E-state index >= 15 is 0 Å². The SMILES string of the molecule is O=C1CCC(=O)C12CCC(c1ccc(OCCCCF)c(F)c1F)CC2. The maximum Gasteiger partial charge on any atom is 0.200 e. The summed E-state index contributed by atoms with van der Waals surface area (Å²) in [5.41, 5.74) is -0.600. The molecule has 1 aromatic carbocycles. The molecule has 1 aromatic rings. The Morgan fingerprint density at radius 2 is 1.65 bits per heavy atom. The molecule has 3 nitrogen and oxygen atoms in total. The van der Waals surface area contributed by atoms with Crippen LogP contribution in [0.15, 0.2) is 12.1 Å². The summed E-state index contributed by atoms with van der Waals surface area (Å²) in [4.78, 5) is 24.2. The Morgan fingerprint density at radius 1 is 1.00 bits per heavy atom. The van der Waals surface area contributed by atoms with Crippen molar-refractivity contribution in [2.75, 3.05) is 13.3 Å². The van der Waals surface area contributed by atoms with Gasteiger partial charge in [0.25, 0.3) is 0 Å². The molecular formula is C20H23F3O3. The summed E-state index contributed by atoms with van der Waals surface area (Å²) in [5.74, 6) is -2.33. The van der Waals surface area contributed by atoms with Crippen LogP contribution >= 0.6 is 0 Å². The molecule has 0 N–H and O–H groups in total. The third-order valence-electron chi connectivity index (χ3n) is 5.79. The number of halogens is 3. The topological polar surface area (TPSA) is 43.4 Å². The maximum absolute atomic E-state index is 14.5. The molecule has 3 rings (SSSR count). The van der Waals surface area contributed by atoms with Crippen molar-refractivity contribution in [3.8, 4) is 5.75 Å². The molecule has 2 saturated carbocycles. The molecule has 0 saturated heterocycles. The number of Topliss-reactive ketones (excluding diaryl/α,β-unsaturated/α-hetero) is 2. The van der Waals surface area contributed by atoms with Crippen molar-refractivity contribution in [3.63, 3.8) is 0 Å². The molecule has 2 aliphatic rings. The Balaban J connectivity index is 1.68. The number of ether oxygens (including phenoxy) is 1. The number of hydrogen-bond acceptors (Lipinski definition) is 3. The zero-order chi connectivity index (χ0) is 18.7. The quantitative estimate of drug-likeness (QED) is 0.541. The fraction of sp³-hybridized carbons (Fsp3) is 0.600. The molecule has 0 radical (unpaired) electrons. The number of ketones is 2. The van der Waals surface area contributed by atoms with Crippen LogP contribution in [0.3, 0.4) is 0 Å². The Morgan fingerprint density at radius 3 is 2.27 bits per heavy atom. The Bertz CT molecular complexity index is 676. The van der Waals surface area contributed by atoms with E-state index < -0.39 is 23.7 Å².